The molecule has 0 spiro atoms. The molecule has 4 heteroatoms. The highest BCUT2D eigenvalue weighted by Crippen LogP contribution is 2.31. The van der Waals surface area contributed by atoms with E-state index in [1.165, 1.54) is 12.8 Å². The summed E-state index contributed by atoms with van der Waals surface area (Å²) in [6.45, 7) is 7.81. The minimum absolute atomic E-state index is 0.336. The van der Waals surface area contributed by atoms with Crippen LogP contribution < -0.4 is 11.5 Å². The Kier molecular flexibility index (Phi) is 6.27. The van der Waals surface area contributed by atoms with Crippen molar-refractivity contribution in [1.82, 2.24) is 4.90 Å². The maximum atomic E-state index is 11.6. The largest absolute Gasteiger partial charge is 0.368 e. The summed E-state index contributed by atoms with van der Waals surface area (Å²) in [5.74, 6) is -0.336. The summed E-state index contributed by atoms with van der Waals surface area (Å²) >= 11 is 0. The van der Waals surface area contributed by atoms with Crippen molar-refractivity contribution in [2.45, 2.75) is 83.3 Å². The highest BCUT2D eigenvalue weighted by molar-refractivity contribution is 5.84. The van der Waals surface area contributed by atoms with Gasteiger partial charge in [0, 0.05) is 12.1 Å². The number of hydrogen-bond acceptors (Lipinski definition) is 3. The number of nitrogens with two attached hydrogens (primary N) is 2. The Bertz CT molecular complexity index is 295. The maximum Gasteiger partial charge on any atom is 0.237 e. The molecule has 1 aliphatic rings. The van der Waals surface area contributed by atoms with E-state index in [1.54, 1.807) is 0 Å². The van der Waals surface area contributed by atoms with Crippen molar-refractivity contribution in [3.8, 4) is 0 Å². The van der Waals surface area contributed by atoms with E-state index in [9.17, 15) is 4.79 Å². The zero-order valence-corrected chi connectivity index (χ0v) is 12.8. The molecule has 3 atom stereocenters. The van der Waals surface area contributed by atoms with Crippen molar-refractivity contribution in [3.63, 3.8) is 0 Å². The second kappa shape index (κ2) is 7.25. The van der Waals surface area contributed by atoms with Crippen molar-refractivity contribution in [3.05, 3.63) is 0 Å². The van der Waals surface area contributed by atoms with Crippen LogP contribution in [0.2, 0.25) is 0 Å². The molecule has 0 radical (unpaired) electrons. The summed E-state index contributed by atoms with van der Waals surface area (Å²) in [5, 5.41) is 0. The maximum absolute atomic E-state index is 11.6. The molecule has 0 aromatic rings. The molecule has 3 unspecified atom stereocenters. The van der Waals surface area contributed by atoms with Crippen LogP contribution in [0.5, 0.6) is 0 Å². The van der Waals surface area contributed by atoms with Gasteiger partial charge in [0.1, 0.15) is 0 Å². The van der Waals surface area contributed by atoms with Crippen molar-refractivity contribution in [2.75, 3.05) is 6.54 Å². The molecule has 4 N–H and O–H groups in total. The Hall–Kier alpha value is -0.610. The number of carbonyl (C=O) groups excluding carboxylic acids is 1. The van der Waals surface area contributed by atoms with Crippen LogP contribution in [0.15, 0.2) is 0 Å². The molecule has 0 aromatic carbocycles. The molecular formula is C15H31N3O. The summed E-state index contributed by atoms with van der Waals surface area (Å²) in [6.07, 6.45) is 7.13. The molecule has 1 saturated carbocycles. The van der Waals surface area contributed by atoms with Gasteiger partial charge in [0.15, 0.2) is 0 Å². The first-order chi connectivity index (χ1) is 8.94. The monoisotopic (exact) mass is 269 g/mol. The average molecular weight is 269 g/mol. The van der Waals surface area contributed by atoms with Crippen LogP contribution in [0.25, 0.3) is 0 Å². The molecule has 1 rings (SSSR count). The molecule has 1 aliphatic carbocycles. The van der Waals surface area contributed by atoms with Gasteiger partial charge in [-0.05, 0) is 52.0 Å². The summed E-state index contributed by atoms with van der Waals surface area (Å²) in [5.41, 5.74) is 10.9. The molecular weight excluding hydrogens is 238 g/mol. The van der Waals surface area contributed by atoms with E-state index in [0.29, 0.717) is 12.1 Å². The Morgan fingerprint density at radius 1 is 1.47 bits per heavy atom. The third-order valence-corrected chi connectivity index (χ3v) is 4.65. The second-order valence-electron chi connectivity index (χ2n) is 6.12. The van der Waals surface area contributed by atoms with Gasteiger partial charge >= 0.3 is 0 Å². The van der Waals surface area contributed by atoms with E-state index in [4.69, 9.17) is 11.5 Å². The predicted molar refractivity (Wildman–Crippen MR) is 79.7 cm³/mol. The lowest BCUT2D eigenvalue weighted by Crippen LogP contribution is -2.59. The summed E-state index contributed by atoms with van der Waals surface area (Å²) in [6, 6.07) is 0.958. The Balaban J connectivity index is 2.75. The van der Waals surface area contributed by atoms with E-state index in [-0.39, 0.29) is 5.91 Å². The minimum atomic E-state index is -0.791. The van der Waals surface area contributed by atoms with E-state index >= 15 is 0 Å². The van der Waals surface area contributed by atoms with Crippen LogP contribution in [0.3, 0.4) is 0 Å². The molecule has 0 aromatic heterocycles. The van der Waals surface area contributed by atoms with Crippen LogP contribution in [-0.4, -0.2) is 35.0 Å². The fourth-order valence-corrected chi connectivity index (χ4v) is 3.12. The number of hydrogen-bond donors (Lipinski definition) is 2. The van der Waals surface area contributed by atoms with E-state index < -0.39 is 5.54 Å². The Labute approximate surface area is 117 Å². The molecule has 112 valence electrons. The molecule has 0 aliphatic heterocycles. The molecule has 1 fully saturated rings. The van der Waals surface area contributed by atoms with Gasteiger partial charge in [-0.1, -0.05) is 20.3 Å². The fourth-order valence-electron chi connectivity index (χ4n) is 3.12. The third kappa shape index (κ3) is 4.18. The van der Waals surface area contributed by atoms with E-state index in [0.717, 1.165) is 38.6 Å². The lowest BCUT2D eigenvalue weighted by atomic mass is 9.78. The number of amides is 1. The van der Waals surface area contributed by atoms with Gasteiger partial charge in [0.05, 0.1) is 5.54 Å². The highest BCUT2D eigenvalue weighted by Gasteiger charge is 2.40. The van der Waals surface area contributed by atoms with Gasteiger partial charge in [-0.15, -0.1) is 0 Å². The predicted octanol–water partition coefficient (Wildman–Crippen LogP) is 2.01. The number of carbonyl (C=O) groups is 1. The lowest BCUT2D eigenvalue weighted by Gasteiger charge is -2.43. The van der Waals surface area contributed by atoms with Gasteiger partial charge in [-0.3, -0.25) is 9.69 Å². The SMILES string of the molecule is CCCCN(C(C)CC)C1CCCC(N)(C(N)=O)C1. The van der Waals surface area contributed by atoms with E-state index in [1.807, 2.05) is 0 Å². The van der Waals surface area contributed by atoms with Crippen LogP contribution in [0.4, 0.5) is 0 Å². The molecule has 0 heterocycles. The number of nitrogens with zero attached hydrogens (tertiary/aromatic N) is 1. The first kappa shape index (κ1) is 16.4. The first-order valence-electron chi connectivity index (χ1n) is 7.79. The first-order valence-corrected chi connectivity index (χ1v) is 7.79. The van der Waals surface area contributed by atoms with Crippen molar-refractivity contribution < 1.29 is 4.79 Å². The van der Waals surface area contributed by atoms with Crippen molar-refractivity contribution in [1.29, 1.82) is 0 Å². The van der Waals surface area contributed by atoms with Gasteiger partial charge in [0.2, 0.25) is 5.91 Å². The Morgan fingerprint density at radius 2 is 2.16 bits per heavy atom. The summed E-state index contributed by atoms with van der Waals surface area (Å²) in [4.78, 5) is 14.1. The van der Waals surface area contributed by atoms with Gasteiger partial charge in [-0.25, -0.2) is 0 Å². The van der Waals surface area contributed by atoms with Crippen molar-refractivity contribution >= 4 is 5.91 Å². The highest BCUT2D eigenvalue weighted by atomic mass is 16.1. The molecule has 4 nitrogen and oxygen atoms in total. The second-order valence-corrected chi connectivity index (χ2v) is 6.12. The van der Waals surface area contributed by atoms with Gasteiger partial charge in [0.25, 0.3) is 0 Å². The standard InChI is InChI=1S/C15H31N3O/c1-4-6-10-18(12(3)5-2)13-8-7-9-15(17,11-13)14(16)19/h12-13H,4-11,17H2,1-3H3,(H2,16,19). The molecule has 0 saturated heterocycles. The summed E-state index contributed by atoms with van der Waals surface area (Å²) in [7, 11) is 0. The van der Waals surface area contributed by atoms with Gasteiger partial charge < -0.3 is 11.5 Å². The van der Waals surface area contributed by atoms with Crippen LogP contribution in [0.1, 0.15) is 65.7 Å². The normalized spacial score (nSPS) is 29.4. The average Bonchev–Trinajstić information content (AvgIpc) is 2.39. The zero-order chi connectivity index (χ0) is 14.5. The zero-order valence-electron chi connectivity index (χ0n) is 12.8. The topological polar surface area (TPSA) is 72.3 Å². The Morgan fingerprint density at radius 3 is 2.68 bits per heavy atom. The van der Waals surface area contributed by atoms with Crippen LogP contribution in [0, 0.1) is 0 Å². The van der Waals surface area contributed by atoms with Crippen LogP contribution >= 0.6 is 0 Å². The van der Waals surface area contributed by atoms with Crippen LogP contribution in [-0.2, 0) is 4.79 Å². The fraction of sp³-hybridized carbons (Fsp3) is 0.933. The lowest BCUT2D eigenvalue weighted by molar-refractivity contribution is -0.125. The number of primary amides is 1. The molecule has 0 bridgehead atoms. The molecule has 19 heavy (non-hydrogen) atoms. The third-order valence-electron chi connectivity index (χ3n) is 4.65. The van der Waals surface area contributed by atoms with Crippen molar-refractivity contribution in [2.24, 2.45) is 11.5 Å². The van der Waals surface area contributed by atoms with E-state index in [2.05, 4.69) is 25.7 Å². The number of unbranched alkanes of at least 4 members (excludes halogenated alkanes) is 1. The number of rotatable bonds is 7. The van der Waals surface area contributed by atoms with Gasteiger partial charge in [-0.2, -0.15) is 0 Å². The minimum Gasteiger partial charge on any atom is -0.368 e. The summed E-state index contributed by atoms with van der Waals surface area (Å²) < 4.78 is 0. The molecule has 1 amide bonds. The smallest absolute Gasteiger partial charge is 0.237 e. The quantitative estimate of drug-likeness (QED) is 0.742.